The molecule has 0 aliphatic carbocycles. The first-order valence-corrected chi connectivity index (χ1v) is 7.22. The maximum absolute atomic E-state index is 12.1. The van der Waals surface area contributed by atoms with Gasteiger partial charge in [-0.15, -0.1) is 0 Å². The molecule has 1 aromatic rings. The molecular weight excluding hydrogens is 256 g/mol. The molecule has 18 heavy (non-hydrogen) atoms. The molecule has 0 aromatic carbocycles. The zero-order valence-electron chi connectivity index (χ0n) is 10.9. The van der Waals surface area contributed by atoms with E-state index in [-0.39, 0.29) is 24.1 Å². The van der Waals surface area contributed by atoms with Gasteiger partial charge in [-0.3, -0.25) is 5.10 Å². The predicted octanol–water partition coefficient (Wildman–Crippen LogP) is -0.120. The Bertz CT molecular complexity index is 481. The van der Waals surface area contributed by atoms with Gasteiger partial charge in [0.25, 0.3) is 0 Å². The van der Waals surface area contributed by atoms with Crippen LogP contribution in [0.15, 0.2) is 4.90 Å². The molecule has 0 saturated heterocycles. The van der Waals surface area contributed by atoms with Crippen LogP contribution >= 0.6 is 0 Å². The monoisotopic (exact) mass is 276 g/mol. The molecule has 7 nitrogen and oxygen atoms in total. The fourth-order valence-electron chi connectivity index (χ4n) is 1.51. The average Bonchev–Trinajstić information content (AvgIpc) is 2.66. The molecular formula is C10H20N4O3S. The molecule has 0 spiro atoms. The summed E-state index contributed by atoms with van der Waals surface area (Å²) in [6.07, 6.45) is 0.0739. The van der Waals surface area contributed by atoms with Crippen molar-refractivity contribution >= 4 is 10.0 Å². The zero-order valence-corrected chi connectivity index (χ0v) is 11.7. The standard InChI is InChI=1S/C10H20N4O3S/c1-7(2)17-5-4-12-18(15,16)10-8(3)13-14-9(10)6-11/h7,12H,4-6,11H2,1-3H3,(H,13,14). The van der Waals surface area contributed by atoms with Crippen LogP contribution in [0.25, 0.3) is 0 Å². The second kappa shape index (κ2) is 6.28. The first kappa shape index (κ1) is 15.1. The van der Waals surface area contributed by atoms with Gasteiger partial charge in [0.2, 0.25) is 10.0 Å². The number of aromatic amines is 1. The second-order valence-electron chi connectivity index (χ2n) is 4.15. The number of H-pyrrole nitrogens is 1. The number of nitrogens with zero attached hydrogens (tertiary/aromatic N) is 1. The second-order valence-corrected chi connectivity index (χ2v) is 5.85. The molecule has 0 unspecified atom stereocenters. The van der Waals surface area contributed by atoms with Gasteiger partial charge >= 0.3 is 0 Å². The Kier molecular flexibility index (Phi) is 5.27. The molecule has 0 fully saturated rings. The summed E-state index contributed by atoms with van der Waals surface area (Å²) >= 11 is 0. The quantitative estimate of drug-likeness (QED) is 0.601. The summed E-state index contributed by atoms with van der Waals surface area (Å²) < 4.78 is 31.8. The molecule has 0 amide bonds. The lowest BCUT2D eigenvalue weighted by Gasteiger charge is -2.09. The van der Waals surface area contributed by atoms with E-state index in [1.165, 1.54) is 0 Å². The van der Waals surface area contributed by atoms with E-state index >= 15 is 0 Å². The molecule has 1 aromatic heterocycles. The fourth-order valence-corrected chi connectivity index (χ4v) is 2.89. The van der Waals surface area contributed by atoms with Gasteiger partial charge < -0.3 is 10.5 Å². The highest BCUT2D eigenvalue weighted by Crippen LogP contribution is 2.16. The van der Waals surface area contributed by atoms with Crippen LogP contribution in [-0.2, 0) is 21.3 Å². The number of rotatable bonds is 7. The third kappa shape index (κ3) is 3.77. The first-order chi connectivity index (χ1) is 8.38. The Morgan fingerprint density at radius 1 is 1.50 bits per heavy atom. The highest BCUT2D eigenvalue weighted by Gasteiger charge is 2.22. The molecule has 0 atom stereocenters. The molecule has 104 valence electrons. The Morgan fingerprint density at radius 3 is 2.72 bits per heavy atom. The molecule has 0 bridgehead atoms. The summed E-state index contributed by atoms with van der Waals surface area (Å²) in [7, 11) is -3.59. The van der Waals surface area contributed by atoms with Gasteiger partial charge in [-0.2, -0.15) is 5.10 Å². The van der Waals surface area contributed by atoms with Crippen molar-refractivity contribution in [2.75, 3.05) is 13.2 Å². The topological polar surface area (TPSA) is 110 Å². The van der Waals surface area contributed by atoms with Crippen molar-refractivity contribution in [1.29, 1.82) is 0 Å². The van der Waals surface area contributed by atoms with Gasteiger partial charge in [0.15, 0.2) is 0 Å². The highest BCUT2D eigenvalue weighted by molar-refractivity contribution is 7.89. The summed E-state index contributed by atoms with van der Waals surface area (Å²) in [5, 5.41) is 6.48. The van der Waals surface area contributed by atoms with Crippen LogP contribution in [0.4, 0.5) is 0 Å². The number of aryl methyl sites for hydroxylation is 1. The summed E-state index contributed by atoms with van der Waals surface area (Å²) in [6.45, 7) is 6.04. The van der Waals surface area contributed by atoms with Gasteiger partial charge in [0.05, 0.1) is 24.1 Å². The Balaban J connectivity index is 2.71. The van der Waals surface area contributed by atoms with Crippen LogP contribution in [0.5, 0.6) is 0 Å². The zero-order chi connectivity index (χ0) is 13.8. The van der Waals surface area contributed by atoms with E-state index in [4.69, 9.17) is 10.5 Å². The van der Waals surface area contributed by atoms with Crippen molar-refractivity contribution in [3.8, 4) is 0 Å². The van der Waals surface area contributed by atoms with Crippen molar-refractivity contribution in [2.24, 2.45) is 5.73 Å². The van der Waals surface area contributed by atoms with Crippen molar-refractivity contribution in [3.05, 3.63) is 11.4 Å². The Morgan fingerprint density at radius 2 is 2.17 bits per heavy atom. The van der Waals surface area contributed by atoms with E-state index in [1.54, 1.807) is 6.92 Å². The van der Waals surface area contributed by atoms with Crippen LogP contribution in [0, 0.1) is 6.92 Å². The van der Waals surface area contributed by atoms with Crippen LogP contribution in [0.1, 0.15) is 25.2 Å². The van der Waals surface area contributed by atoms with E-state index in [0.717, 1.165) is 0 Å². The van der Waals surface area contributed by atoms with E-state index in [2.05, 4.69) is 14.9 Å². The largest absolute Gasteiger partial charge is 0.377 e. The minimum atomic E-state index is -3.59. The van der Waals surface area contributed by atoms with Crippen molar-refractivity contribution in [3.63, 3.8) is 0 Å². The number of ether oxygens (including phenoxy) is 1. The van der Waals surface area contributed by atoms with Gasteiger partial charge in [-0.25, -0.2) is 13.1 Å². The minimum Gasteiger partial charge on any atom is -0.377 e. The van der Waals surface area contributed by atoms with Crippen LogP contribution in [0.3, 0.4) is 0 Å². The molecule has 0 radical (unpaired) electrons. The van der Waals surface area contributed by atoms with E-state index in [9.17, 15) is 8.42 Å². The maximum atomic E-state index is 12.1. The number of nitrogens with one attached hydrogen (secondary N) is 2. The van der Waals surface area contributed by atoms with Crippen molar-refractivity contribution < 1.29 is 13.2 Å². The first-order valence-electron chi connectivity index (χ1n) is 5.73. The normalized spacial score (nSPS) is 12.3. The smallest absolute Gasteiger partial charge is 0.244 e. The third-order valence-corrected chi connectivity index (χ3v) is 3.93. The molecule has 0 aliphatic rings. The predicted molar refractivity (Wildman–Crippen MR) is 67.5 cm³/mol. The third-order valence-electron chi connectivity index (χ3n) is 2.27. The Hall–Kier alpha value is -0.960. The van der Waals surface area contributed by atoms with Crippen molar-refractivity contribution in [1.82, 2.24) is 14.9 Å². The van der Waals surface area contributed by atoms with Gasteiger partial charge in [-0.05, 0) is 20.8 Å². The average molecular weight is 276 g/mol. The molecule has 4 N–H and O–H groups in total. The molecule has 8 heteroatoms. The summed E-state index contributed by atoms with van der Waals surface area (Å²) in [4.78, 5) is 0.134. The van der Waals surface area contributed by atoms with E-state index in [1.807, 2.05) is 13.8 Å². The SMILES string of the molecule is Cc1[nH]nc(CN)c1S(=O)(=O)NCCOC(C)C. The number of hydrogen-bond donors (Lipinski definition) is 3. The number of hydrogen-bond acceptors (Lipinski definition) is 5. The van der Waals surface area contributed by atoms with Crippen LogP contribution in [-0.4, -0.2) is 37.9 Å². The fraction of sp³-hybridized carbons (Fsp3) is 0.700. The van der Waals surface area contributed by atoms with Gasteiger partial charge in [0.1, 0.15) is 4.90 Å². The molecule has 1 rings (SSSR count). The number of aromatic nitrogens is 2. The van der Waals surface area contributed by atoms with Gasteiger partial charge in [-0.1, -0.05) is 0 Å². The lowest BCUT2D eigenvalue weighted by molar-refractivity contribution is 0.0834. The molecule has 0 saturated carbocycles. The molecule has 1 heterocycles. The highest BCUT2D eigenvalue weighted by atomic mass is 32.2. The summed E-state index contributed by atoms with van der Waals surface area (Å²) in [5.74, 6) is 0. The lowest BCUT2D eigenvalue weighted by atomic mass is 10.4. The lowest BCUT2D eigenvalue weighted by Crippen LogP contribution is -2.29. The number of sulfonamides is 1. The van der Waals surface area contributed by atoms with Gasteiger partial charge in [0, 0.05) is 13.1 Å². The van der Waals surface area contributed by atoms with Crippen LogP contribution in [0.2, 0.25) is 0 Å². The number of nitrogens with two attached hydrogens (primary N) is 1. The molecule has 0 aliphatic heterocycles. The summed E-state index contributed by atoms with van der Waals surface area (Å²) in [6, 6.07) is 0. The van der Waals surface area contributed by atoms with E-state index < -0.39 is 10.0 Å². The van der Waals surface area contributed by atoms with Crippen LogP contribution < -0.4 is 10.5 Å². The maximum Gasteiger partial charge on any atom is 0.244 e. The Labute approximate surface area is 107 Å². The summed E-state index contributed by atoms with van der Waals surface area (Å²) in [5.41, 5.74) is 6.27. The van der Waals surface area contributed by atoms with E-state index in [0.29, 0.717) is 18.0 Å². The minimum absolute atomic E-state index is 0.0725. The van der Waals surface area contributed by atoms with Crippen molar-refractivity contribution in [2.45, 2.75) is 38.3 Å².